The average molecular weight is 307 g/mol. The minimum absolute atomic E-state index is 0.588. The van der Waals surface area contributed by atoms with Gasteiger partial charge in [0.1, 0.15) is 0 Å². The maximum absolute atomic E-state index is 5.68. The van der Waals surface area contributed by atoms with E-state index >= 15 is 0 Å². The highest BCUT2D eigenvalue weighted by atomic mass is 16.4. The summed E-state index contributed by atoms with van der Waals surface area (Å²) in [6.07, 6.45) is 2.99. The first-order valence-corrected chi connectivity index (χ1v) is 8.04. The van der Waals surface area contributed by atoms with E-state index in [2.05, 4.69) is 45.8 Å². The van der Waals surface area contributed by atoms with Crippen molar-refractivity contribution in [2.24, 2.45) is 0 Å². The van der Waals surface area contributed by atoms with Crippen LogP contribution in [-0.2, 0) is 12.8 Å². The van der Waals surface area contributed by atoms with Gasteiger partial charge in [-0.15, -0.1) is 10.2 Å². The second kappa shape index (κ2) is 8.25. The predicted molar refractivity (Wildman–Crippen MR) is 91.1 cm³/mol. The maximum Gasteiger partial charge on any atom is 0.247 e. The molecule has 0 bridgehead atoms. The number of nitrogens with zero attached hydrogens (tertiary/aromatic N) is 2. The van der Waals surface area contributed by atoms with Gasteiger partial charge in [0, 0.05) is 18.5 Å². The Morgan fingerprint density at radius 1 is 0.783 bits per heavy atom. The third kappa shape index (κ3) is 4.76. The summed E-state index contributed by atoms with van der Waals surface area (Å²) in [7, 11) is 0. The minimum atomic E-state index is 0.588. The van der Waals surface area contributed by atoms with E-state index in [4.69, 9.17) is 4.42 Å². The molecule has 1 heterocycles. The minimum Gasteiger partial charge on any atom is -0.421 e. The van der Waals surface area contributed by atoms with Gasteiger partial charge in [0.15, 0.2) is 0 Å². The molecule has 0 aliphatic rings. The molecular weight excluding hydrogens is 286 g/mol. The molecule has 4 heteroatoms. The van der Waals surface area contributed by atoms with Crippen molar-refractivity contribution in [3.05, 3.63) is 72.1 Å². The van der Waals surface area contributed by atoms with E-state index in [-0.39, 0.29) is 0 Å². The number of hydrogen-bond donors (Lipinski definition) is 1. The predicted octanol–water partition coefficient (Wildman–Crippen LogP) is 3.50. The van der Waals surface area contributed by atoms with E-state index in [1.807, 2.05) is 30.3 Å². The number of benzene rings is 2. The Balaban J connectivity index is 1.36. The summed E-state index contributed by atoms with van der Waals surface area (Å²) in [5.74, 6) is 1.27. The number of hydrogen-bond acceptors (Lipinski definition) is 4. The number of aryl methyl sites for hydroxylation is 1. The molecule has 0 fully saturated rings. The zero-order valence-corrected chi connectivity index (χ0v) is 13.1. The lowest BCUT2D eigenvalue weighted by Gasteiger charge is -2.03. The summed E-state index contributed by atoms with van der Waals surface area (Å²) in [6.45, 7) is 1.85. The van der Waals surface area contributed by atoms with E-state index in [1.165, 1.54) is 5.56 Å². The molecule has 0 aliphatic heterocycles. The van der Waals surface area contributed by atoms with Crippen molar-refractivity contribution in [1.29, 1.82) is 0 Å². The number of rotatable bonds is 8. The van der Waals surface area contributed by atoms with Crippen molar-refractivity contribution in [3.8, 4) is 11.5 Å². The first kappa shape index (κ1) is 15.4. The smallest absolute Gasteiger partial charge is 0.247 e. The summed E-state index contributed by atoms with van der Waals surface area (Å²) in [5, 5.41) is 11.6. The van der Waals surface area contributed by atoms with Crippen molar-refractivity contribution in [2.45, 2.75) is 19.3 Å². The van der Waals surface area contributed by atoms with E-state index in [0.717, 1.165) is 37.9 Å². The molecule has 0 saturated carbocycles. The van der Waals surface area contributed by atoms with Crippen LogP contribution >= 0.6 is 0 Å². The Morgan fingerprint density at radius 3 is 2.30 bits per heavy atom. The molecule has 2 aromatic carbocycles. The lowest BCUT2D eigenvalue weighted by molar-refractivity contribution is 0.493. The largest absolute Gasteiger partial charge is 0.421 e. The Hall–Kier alpha value is -2.46. The van der Waals surface area contributed by atoms with Crippen LogP contribution in [0, 0.1) is 0 Å². The van der Waals surface area contributed by atoms with Crippen LogP contribution in [0.4, 0.5) is 0 Å². The molecule has 1 N–H and O–H groups in total. The zero-order chi connectivity index (χ0) is 15.7. The fourth-order valence-electron chi connectivity index (χ4n) is 2.43. The van der Waals surface area contributed by atoms with Gasteiger partial charge in [-0.25, -0.2) is 0 Å². The summed E-state index contributed by atoms with van der Waals surface area (Å²) in [6, 6.07) is 20.4. The molecule has 0 atom stereocenters. The molecular formula is C19H21N3O. The summed E-state index contributed by atoms with van der Waals surface area (Å²) >= 11 is 0. The van der Waals surface area contributed by atoms with E-state index < -0.39 is 0 Å². The fraction of sp³-hybridized carbons (Fsp3) is 0.263. The van der Waals surface area contributed by atoms with E-state index in [1.54, 1.807) is 0 Å². The summed E-state index contributed by atoms with van der Waals surface area (Å²) < 4.78 is 5.68. The molecule has 118 valence electrons. The van der Waals surface area contributed by atoms with Crippen molar-refractivity contribution in [3.63, 3.8) is 0 Å². The average Bonchev–Trinajstić information content (AvgIpc) is 3.09. The van der Waals surface area contributed by atoms with Gasteiger partial charge in [-0.3, -0.25) is 0 Å². The van der Waals surface area contributed by atoms with Crippen molar-refractivity contribution in [2.75, 3.05) is 13.1 Å². The standard InChI is InChI=1S/C19H21N3O/c1-3-8-16(9-4-1)10-7-14-20-15-13-18-21-22-19(23-18)17-11-5-2-6-12-17/h1-6,8-9,11-12,20H,7,10,13-15H2. The van der Waals surface area contributed by atoms with Crippen LogP contribution < -0.4 is 5.32 Å². The summed E-state index contributed by atoms with van der Waals surface area (Å²) in [4.78, 5) is 0. The van der Waals surface area contributed by atoms with E-state index in [0.29, 0.717) is 11.8 Å². The third-order valence-electron chi connectivity index (χ3n) is 3.67. The maximum atomic E-state index is 5.68. The van der Waals surface area contributed by atoms with Gasteiger partial charge in [-0.05, 0) is 37.1 Å². The molecule has 0 saturated heterocycles. The van der Waals surface area contributed by atoms with Crippen LogP contribution in [0.3, 0.4) is 0 Å². The quantitative estimate of drug-likeness (QED) is 0.647. The third-order valence-corrected chi connectivity index (χ3v) is 3.67. The second-order valence-electron chi connectivity index (χ2n) is 5.46. The number of aromatic nitrogens is 2. The second-order valence-corrected chi connectivity index (χ2v) is 5.46. The first-order chi connectivity index (χ1) is 11.4. The molecule has 0 aliphatic carbocycles. The van der Waals surface area contributed by atoms with Gasteiger partial charge in [-0.1, -0.05) is 48.5 Å². The normalized spacial score (nSPS) is 10.8. The van der Waals surface area contributed by atoms with Crippen molar-refractivity contribution in [1.82, 2.24) is 15.5 Å². The number of nitrogens with one attached hydrogen (secondary N) is 1. The fourth-order valence-corrected chi connectivity index (χ4v) is 2.43. The van der Waals surface area contributed by atoms with Gasteiger partial charge in [0.25, 0.3) is 0 Å². The Kier molecular flexibility index (Phi) is 5.53. The van der Waals surface area contributed by atoms with Crippen molar-refractivity contribution >= 4 is 0 Å². The topological polar surface area (TPSA) is 51.0 Å². The monoisotopic (exact) mass is 307 g/mol. The molecule has 0 amide bonds. The van der Waals surface area contributed by atoms with Gasteiger partial charge in [0.2, 0.25) is 11.8 Å². The van der Waals surface area contributed by atoms with Crippen LogP contribution in [0.25, 0.3) is 11.5 Å². The molecule has 4 nitrogen and oxygen atoms in total. The van der Waals surface area contributed by atoms with Crippen LogP contribution in [0.1, 0.15) is 17.9 Å². The van der Waals surface area contributed by atoms with Gasteiger partial charge in [0.05, 0.1) is 0 Å². The lowest BCUT2D eigenvalue weighted by Crippen LogP contribution is -2.19. The van der Waals surface area contributed by atoms with Crippen LogP contribution in [0.5, 0.6) is 0 Å². The lowest BCUT2D eigenvalue weighted by atomic mass is 10.1. The van der Waals surface area contributed by atoms with Crippen LogP contribution in [0.2, 0.25) is 0 Å². The van der Waals surface area contributed by atoms with Gasteiger partial charge < -0.3 is 9.73 Å². The molecule has 0 spiro atoms. The SMILES string of the molecule is c1ccc(CCCNCCc2nnc(-c3ccccc3)o2)cc1. The Morgan fingerprint density at radius 2 is 1.52 bits per heavy atom. The molecule has 0 radical (unpaired) electrons. The van der Waals surface area contributed by atoms with E-state index in [9.17, 15) is 0 Å². The van der Waals surface area contributed by atoms with Crippen LogP contribution in [0.15, 0.2) is 65.1 Å². The first-order valence-electron chi connectivity index (χ1n) is 8.04. The highest BCUT2D eigenvalue weighted by molar-refractivity contribution is 5.51. The highest BCUT2D eigenvalue weighted by Crippen LogP contribution is 2.16. The van der Waals surface area contributed by atoms with Crippen molar-refractivity contribution < 1.29 is 4.42 Å². The van der Waals surface area contributed by atoms with Crippen LogP contribution in [-0.4, -0.2) is 23.3 Å². The highest BCUT2D eigenvalue weighted by Gasteiger charge is 2.07. The van der Waals surface area contributed by atoms with Gasteiger partial charge >= 0.3 is 0 Å². The molecule has 3 aromatic rings. The Labute approximate surface area is 136 Å². The molecule has 3 rings (SSSR count). The molecule has 23 heavy (non-hydrogen) atoms. The summed E-state index contributed by atoms with van der Waals surface area (Å²) in [5.41, 5.74) is 2.35. The van der Waals surface area contributed by atoms with Gasteiger partial charge in [-0.2, -0.15) is 0 Å². The molecule has 1 aromatic heterocycles. The Bertz CT molecular complexity index is 695. The zero-order valence-electron chi connectivity index (χ0n) is 13.1. The molecule has 0 unspecified atom stereocenters.